The van der Waals surface area contributed by atoms with Crippen molar-refractivity contribution >= 4 is 5.91 Å². The molecule has 0 saturated carbocycles. The standard InChI is InChI=1S/C10H14N2O3/c13-9-2-1-8(7-11-9)10(14)12-3-5-15-6-4-12/h1-2,7,9,11,13H,3-6H2. The van der Waals surface area contributed by atoms with E-state index in [-0.39, 0.29) is 5.91 Å². The van der Waals surface area contributed by atoms with Gasteiger partial charge in [-0.05, 0) is 12.2 Å². The molecular weight excluding hydrogens is 196 g/mol. The number of hydrogen-bond acceptors (Lipinski definition) is 4. The first-order valence-electron chi connectivity index (χ1n) is 4.97. The molecule has 2 N–H and O–H groups in total. The predicted molar refractivity (Wildman–Crippen MR) is 53.8 cm³/mol. The Morgan fingerprint density at radius 1 is 1.53 bits per heavy atom. The van der Waals surface area contributed by atoms with Gasteiger partial charge in [-0.1, -0.05) is 0 Å². The Morgan fingerprint density at radius 2 is 2.27 bits per heavy atom. The van der Waals surface area contributed by atoms with Crippen LogP contribution in [0, 0.1) is 0 Å². The quantitative estimate of drug-likeness (QED) is 0.595. The zero-order chi connectivity index (χ0) is 10.7. The van der Waals surface area contributed by atoms with Crippen LogP contribution in [0.5, 0.6) is 0 Å². The van der Waals surface area contributed by atoms with Crippen LogP contribution in [-0.4, -0.2) is 48.4 Å². The van der Waals surface area contributed by atoms with Crippen LogP contribution in [0.25, 0.3) is 0 Å². The van der Waals surface area contributed by atoms with Gasteiger partial charge >= 0.3 is 0 Å². The fourth-order valence-electron chi connectivity index (χ4n) is 1.56. The van der Waals surface area contributed by atoms with Gasteiger partial charge in [-0.15, -0.1) is 0 Å². The van der Waals surface area contributed by atoms with Crippen LogP contribution in [0.1, 0.15) is 0 Å². The molecule has 2 rings (SSSR count). The molecule has 2 aliphatic rings. The maximum atomic E-state index is 11.9. The van der Waals surface area contributed by atoms with Crippen molar-refractivity contribution in [2.45, 2.75) is 6.23 Å². The molecule has 0 aliphatic carbocycles. The number of morpholine rings is 1. The molecule has 0 bridgehead atoms. The van der Waals surface area contributed by atoms with Gasteiger partial charge in [0, 0.05) is 19.3 Å². The highest BCUT2D eigenvalue weighted by Crippen LogP contribution is 2.09. The van der Waals surface area contributed by atoms with Gasteiger partial charge < -0.3 is 20.1 Å². The number of ether oxygens (including phenoxy) is 1. The summed E-state index contributed by atoms with van der Waals surface area (Å²) in [5.41, 5.74) is 0.571. The highest BCUT2D eigenvalue weighted by molar-refractivity contribution is 5.96. The number of carbonyl (C=O) groups excluding carboxylic acids is 1. The summed E-state index contributed by atoms with van der Waals surface area (Å²) in [5.74, 6) is -0.0195. The van der Waals surface area contributed by atoms with Crippen molar-refractivity contribution in [1.82, 2.24) is 10.2 Å². The minimum atomic E-state index is -0.689. The van der Waals surface area contributed by atoms with Crippen molar-refractivity contribution in [3.63, 3.8) is 0 Å². The van der Waals surface area contributed by atoms with Crippen LogP contribution in [0.2, 0.25) is 0 Å². The van der Waals surface area contributed by atoms with E-state index in [1.807, 2.05) is 0 Å². The highest BCUT2D eigenvalue weighted by Gasteiger charge is 2.20. The maximum Gasteiger partial charge on any atom is 0.255 e. The molecule has 0 aromatic rings. The number of aliphatic hydroxyl groups excluding tert-OH is 1. The Kier molecular flexibility index (Phi) is 3.03. The third-order valence-electron chi connectivity index (χ3n) is 2.41. The van der Waals surface area contributed by atoms with Crippen molar-refractivity contribution in [2.75, 3.05) is 26.3 Å². The van der Waals surface area contributed by atoms with Gasteiger partial charge in [-0.3, -0.25) is 4.79 Å². The Bertz CT molecular complexity index is 306. The van der Waals surface area contributed by atoms with Crippen LogP contribution in [0.4, 0.5) is 0 Å². The monoisotopic (exact) mass is 210 g/mol. The lowest BCUT2D eigenvalue weighted by Gasteiger charge is -2.27. The van der Waals surface area contributed by atoms with Gasteiger partial charge in [0.25, 0.3) is 5.91 Å². The van der Waals surface area contributed by atoms with E-state index in [0.717, 1.165) is 0 Å². The first-order chi connectivity index (χ1) is 7.27. The van der Waals surface area contributed by atoms with E-state index in [2.05, 4.69) is 5.32 Å². The van der Waals surface area contributed by atoms with Crippen molar-refractivity contribution in [2.24, 2.45) is 0 Å². The Balaban J connectivity index is 1.98. The smallest absolute Gasteiger partial charge is 0.255 e. The Morgan fingerprint density at radius 3 is 2.87 bits per heavy atom. The van der Waals surface area contributed by atoms with E-state index in [4.69, 9.17) is 9.84 Å². The fraction of sp³-hybridized carbons (Fsp3) is 0.500. The zero-order valence-electron chi connectivity index (χ0n) is 8.35. The Hall–Kier alpha value is -1.33. The lowest BCUT2D eigenvalue weighted by Crippen LogP contribution is -2.42. The highest BCUT2D eigenvalue weighted by atomic mass is 16.5. The molecule has 5 heteroatoms. The molecule has 1 atom stereocenters. The predicted octanol–water partition coefficient (Wildman–Crippen LogP) is -0.793. The molecule has 1 amide bonds. The maximum absolute atomic E-state index is 11.9. The molecule has 82 valence electrons. The van der Waals surface area contributed by atoms with Crippen molar-refractivity contribution < 1.29 is 14.6 Å². The van der Waals surface area contributed by atoms with Crippen molar-refractivity contribution in [3.05, 3.63) is 23.9 Å². The van der Waals surface area contributed by atoms with E-state index in [9.17, 15) is 4.79 Å². The summed E-state index contributed by atoms with van der Waals surface area (Å²) in [6.07, 6.45) is 4.04. The molecule has 2 heterocycles. The second-order valence-electron chi connectivity index (χ2n) is 3.47. The summed E-state index contributed by atoms with van der Waals surface area (Å²) in [5, 5.41) is 11.8. The van der Waals surface area contributed by atoms with Crippen molar-refractivity contribution in [1.29, 1.82) is 0 Å². The first-order valence-corrected chi connectivity index (χ1v) is 4.97. The average Bonchev–Trinajstić information content (AvgIpc) is 2.30. The third kappa shape index (κ3) is 2.37. The molecule has 1 unspecified atom stereocenters. The van der Waals surface area contributed by atoms with Gasteiger partial charge in [0.2, 0.25) is 0 Å². The van der Waals surface area contributed by atoms with Gasteiger partial charge in [-0.2, -0.15) is 0 Å². The van der Waals surface area contributed by atoms with Crippen LogP contribution in [-0.2, 0) is 9.53 Å². The molecule has 1 fully saturated rings. The SMILES string of the molecule is O=C(C1=CNC(O)C=C1)N1CCOCC1. The van der Waals surface area contributed by atoms with E-state index in [1.54, 1.807) is 23.3 Å². The molecule has 0 aromatic heterocycles. The molecule has 5 nitrogen and oxygen atoms in total. The zero-order valence-corrected chi connectivity index (χ0v) is 8.35. The summed E-state index contributed by atoms with van der Waals surface area (Å²) in [6.45, 7) is 2.46. The van der Waals surface area contributed by atoms with E-state index in [0.29, 0.717) is 31.9 Å². The summed E-state index contributed by atoms with van der Waals surface area (Å²) < 4.78 is 5.17. The lowest BCUT2D eigenvalue weighted by atomic mass is 10.2. The van der Waals surface area contributed by atoms with Crippen LogP contribution in [0.3, 0.4) is 0 Å². The minimum Gasteiger partial charge on any atom is -0.378 e. The summed E-state index contributed by atoms with van der Waals surface area (Å²) in [7, 11) is 0. The summed E-state index contributed by atoms with van der Waals surface area (Å²) in [4.78, 5) is 13.6. The number of dihydropyridines is 1. The number of rotatable bonds is 1. The second-order valence-corrected chi connectivity index (χ2v) is 3.47. The molecule has 1 saturated heterocycles. The molecule has 0 spiro atoms. The van der Waals surface area contributed by atoms with Crippen LogP contribution in [0.15, 0.2) is 23.9 Å². The summed E-state index contributed by atoms with van der Waals surface area (Å²) in [6, 6.07) is 0. The first kappa shape index (κ1) is 10.2. The number of hydrogen-bond donors (Lipinski definition) is 2. The van der Waals surface area contributed by atoms with Gasteiger partial charge in [0.1, 0.15) is 6.23 Å². The molecule has 2 aliphatic heterocycles. The molecule has 0 radical (unpaired) electrons. The molecule has 0 aromatic carbocycles. The number of carbonyl (C=O) groups is 1. The van der Waals surface area contributed by atoms with Gasteiger partial charge in [0.05, 0.1) is 18.8 Å². The van der Waals surface area contributed by atoms with Crippen LogP contribution >= 0.6 is 0 Å². The largest absolute Gasteiger partial charge is 0.378 e. The Labute approximate surface area is 88.0 Å². The topological polar surface area (TPSA) is 61.8 Å². The van der Waals surface area contributed by atoms with E-state index >= 15 is 0 Å². The molecule has 15 heavy (non-hydrogen) atoms. The van der Waals surface area contributed by atoms with Crippen LogP contribution < -0.4 is 5.32 Å². The van der Waals surface area contributed by atoms with E-state index < -0.39 is 6.23 Å². The fourth-order valence-corrected chi connectivity index (χ4v) is 1.56. The van der Waals surface area contributed by atoms with Crippen molar-refractivity contribution in [3.8, 4) is 0 Å². The average molecular weight is 210 g/mol. The summed E-state index contributed by atoms with van der Waals surface area (Å²) >= 11 is 0. The number of amides is 1. The number of nitrogens with zero attached hydrogens (tertiary/aromatic N) is 1. The third-order valence-corrected chi connectivity index (χ3v) is 2.41. The number of aliphatic hydroxyl groups is 1. The normalized spacial score (nSPS) is 25.8. The number of nitrogens with one attached hydrogen (secondary N) is 1. The second kappa shape index (κ2) is 4.46. The molecular formula is C10H14N2O3. The van der Waals surface area contributed by atoms with E-state index in [1.165, 1.54) is 0 Å². The minimum absolute atomic E-state index is 0.0195. The van der Waals surface area contributed by atoms with Gasteiger partial charge in [-0.25, -0.2) is 0 Å². The van der Waals surface area contributed by atoms with Gasteiger partial charge in [0.15, 0.2) is 0 Å². The lowest BCUT2D eigenvalue weighted by molar-refractivity contribution is -0.130.